The number of hydrogen-bond acceptors (Lipinski definition) is 4. The van der Waals surface area contributed by atoms with Crippen LogP contribution in [0.3, 0.4) is 0 Å². The molecule has 2 saturated carbocycles. The van der Waals surface area contributed by atoms with Crippen molar-refractivity contribution in [3.8, 4) is 0 Å². The van der Waals surface area contributed by atoms with Gasteiger partial charge in [-0.15, -0.1) is 11.6 Å². The summed E-state index contributed by atoms with van der Waals surface area (Å²) in [5.74, 6) is 1.37. The van der Waals surface area contributed by atoms with E-state index in [0.29, 0.717) is 17.4 Å². The fourth-order valence-corrected chi connectivity index (χ4v) is 3.05. The number of ketones is 2. The molecule has 0 N–H and O–H groups in total. The molecule has 0 atom stereocenters. The normalized spacial score (nSPS) is 14.7. The Morgan fingerprint density at radius 3 is 1.78 bits per heavy atom. The molecule has 2 aromatic heterocycles. The molecule has 2 aliphatic rings. The predicted octanol–water partition coefficient (Wildman–Crippen LogP) is 5.81. The van der Waals surface area contributed by atoms with Crippen molar-refractivity contribution >= 4 is 23.2 Å². The number of carbonyl (C=O) groups excluding carboxylic acids is 2. The third kappa shape index (κ3) is 5.96. The molecule has 27 heavy (non-hydrogen) atoms. The van der Waals surface area contributed by atoms with Crippen LogP contribution in [0.15, 0.2) is 36.9 Å². The Bertz CT molecular complexity index is 783. The molecule has 5 heteroatoms. The van der Waals surface area contributed by atoms with E-state index in [1.807, 2.05) is 12.1 Å². The van der Waals surface area contributed by atoms with Crippen molar-refractivity contribution in [2.45, 2.75) is 59.3 Å². The van der Waals surface area contributed by atoms with Gasteiger partial charge in [0.25, 0.3) is 0 Å². The first-order valence-corrected chi connectivity index (χ1v) is 9.13. The number of alkyl halides is 1. The van der Waals surface area contributed by atoms with E-state index in [1.54, 1.807) is 31.7 Å². The van der Waals surface area contributed by atoms with Crippen LogP contribution in [0.4, 0.5) is 0 Å². The maximum Gasteiger partial charge on any atom is 0.179 e. The maximum absolute atomic E-state index is 11.4. The van der Waals surface area contributed by atoms with Gasteiger partial charge in [0, 0.05) is 35.9 Å². The van der Waals surface area contributed by atoms with E-state index in [4.69, 9.17) is 11.6 Å². The number of rotatable bonds is 5. The molecule has 2 heterocycles. The summed E-state index contributed by atoms with van der Waals surface area (Å²) in [6.07, 6.45) is 11.6. The van der Waals surface area contributed by atoms with E-state index < -0.39 is 0 Å². The Labute approximate surface area is 167 Å². The lowest BCUT2D eigenvalue weighted by Crippen LogP contribution is -2.04. The van der Waals surface area contributed by atoms with Crippen LogP contribution in [0.2, 0.25) is 0 Å². The highest BCUT2D eigenvalue weighted by Gasteiger charge is 2.28. The maximum atomic E-state index is 11.4. The standard InChI is InChI=1S/C10H10ClNO.C10H11NO.2CH4/c11-5-10(13)9-6-12-4-3-8(9)7-1-2-7;1-7(12)10-6-11-5-4-9(10)8-2-3-8;;/h3-4,6-7H,1-2,5H2;4-6,8H,2-3H2,1H3;2*1H4. The molecule has 4 rings (SSSR count). The van der Waals surface area contributed by atoms with Crippen LogP contribution in [-0.2, 0) is 0 Å². The van der Waals surface area contributed by atoms with Gasteiger partial charge in [0.2, 0.25) is 0 Å². The van der Waals surface area contributed by atoms with Gasteiger partial charge in [-0.25, -0.2) is 0 Å². The van der Waals surface area contributed by atoms with Crippen molar-refractivity contribution < 1.29 is 9.59 Å². The number of Topliss-reactive ketones (excluding diaryl/α,β-unsaturated/α-hetero) is 2. The molecule has 0 radical (unpaired) electrons. The van der Waals surface area contributed by atoms with Gasteiger partial charge in [-0.2, -0.15) is 0 Å². The Balaban J connectivity index is 0.000000252. The second kappa shape index (κ2) is 10.3. The summed E-state index contributed by atoms with van der Waals surface area (Å²) in [6.45, 7) is 1.60. The number of pyridine rings is 2. The SMILES string of the molecule is C.C.CC(=O)c1cnccc1C1CC1.O=C(CCl)c1cnccc1C1CC1. The average molecular weight is 389 g/mol. The smallest absolute Gasteiger partial charge is 0.179 e. The lowest BCUT2D eigenvalue weighted by atomic mass is 10.0. The van der Waals surface area contributed by atoms with Crippen molar-refractivity contribution in [3.05, 3.63) is 59.2 Å². The molecule has 0 bridgehead atoms. The molecule has 2 fully saturated rings. The van der Waals surface area contributed by atoms with Crippen molar-refractivity contribution in [3.63, 3.8) is 0 Å². The van der Waals surface area contributed by atoms with E-state index >= 15 is 0 Å². The van der Waals surface area contributed by atoms with Crippen LogP contribution < -0.4 is 0 Å². The third-order valence-electron chi connectivity index (χ3n) is 4.55. The minimum absolute atomic E-state index is 0. The highest BCUT2D eigenvalue weighted by Crippen LogP contribution is 2.42. The van der Waals surface area contributed by atoms with Crippen molar-refractivity contribution in [2.24, 2.45) is 0 Å². The minimum Gasteiger partial charge on any atom is -0.294 e. The molecule has 2 aliphatic carbocycles. The molecule has 0 spiro atoms. The van der Waals surface area contributed by atoms with Crippen molar-refractivity contribution in [1.82, 2.24) is 9.97 Å². The van der Waals surface area contributed by atoms with Crippen LogP contribution in [0.25, 0.3) is 0 Å². The quantitative estimate of drug-likeness (QED) is 0.478. The number of nitrogens with zero attached hydrogens (tertiary/aromatic N) is 2. The molecular formula is C22H29ClN2O2. The first-order chi connectivity index (χ1) is 12.1. The van der Waals surface area contributed by atoms with E-state index in [0.717, 1.165) is 11.1 Å². The molecule has 4 nitrogen and oxygen atoms in total. The number of halogens is 1. The zero-order valence-corrected chi connectivity index (χ0v) is 15.0. The Morgan fingerprint density at radius 2 is 1.37 bits per heavy atom. The zero-order valence-electron chi connectivity index (χ0n) is 14.2. The Morgan fingerprint density at radius 1 is 0.926 bits per heavy atom. The minimum atomic E-state index is -0.0170. The summed E-state index contributed by atoms with van der Waals surface area (Å²) in [5, 5.41) is 0. The molecular weight excluding hydrogens is 360 g/mol. The van der Waals surface area contributed by atoms with Crippen LogP contribution in [0, 0.1) is 0 Å². The highest BCUT2D eigenvalue weighted by atomic mass is 35.5. The van der Waals surface area contributed by atoms with E-state index in [1.165, 1.54) is 31.2 Å². The molecule has 2 aromatic rings. The van der Waals surface area contributed by atoms with Crippen LogP contribution >= 0.6 is 11.6 Å². The van der Waals surface area contributed by atoms with E-state index in [-0.39, 0.29) is 32.3 Å². The van der Waals surface area contributed by atoms with Gasteiger partial charge in [0.15, 0.2) is 11.6 Å². The van der Waals surface area contributed by atoms with Gasteiger partial charge >= 0.3 is 0 Å². The largest absolute Gasteiger partial charge is 0.294 e. The van der Waals surface area contributed by atoms with Crippen LogP contribution in [0.1, 0.15) is 91.1 Å². The number of carbonyl (C=O) groups is 2. The first kappa shape index (κ1) is 23.0. The molecule has 0 aliphatic heterocycles. The van der Waals surface area contributed by atoms with Crippen LogP contribution in [0.5, 0.6) is 0 Å². The van der Waals surface area contributed by atoms with E-state index in [2.05, 4.69) is 9.97 Å². The topological polar surface area (TPSA) is 59.9 Å². The van der Waals surface area contributed by atoms with Gasteiger partial charge in [-0.1, -0.05) is 14.9 Å². The van der Waals surface area contributed by atoms with Crippen LogP contribution in [-0.4, -0.2) is 27.4 Å². The van der Waals surface area contributed by atoms with Gasteiger partial charge in [-0.3, -0.25) is 19.6 Å². The fraction of sp³-hybridized carbons (Fsp3) is 0.455. The number of aromatic nitrogens is 2. The highest BCUT2D eigenvalue weighted by molar-refractivity contribution is 6.30. The lowest BCUT2D eigenvalue weighted by molar-refractivity contribution is 0.100. The predicted molar refractivity (Wildman–Crippen MR) is 111 cm³/mol. The van der Waals surface area contributed by atoms with E-state index in [9.17, 15) is 9.59 Å². The van der Waals surface area contributed by atoms with Gasteiger partial charge in [0.05, 0.1) is 5.88 Å². The Hall–Kier alpha value is -2.07. The summed E-state index contributed by atoms with van der Waals surface area (Å²) < 4.78 is 0. The van der Waals surface area contributed by atoms with Gasteiger partial charge in [0.1, 0.15) is 0 Å². The summed E-state index contributed by atoms with van der Waals surface area (Å²) in [6, 6.07) is 3.89. The molecule has 0 amide bonds. The lowest BCUT2D eigenvalue weighted by Gasteiger charge is -2.03. The second-order valence-electron chi connectivity index (χ2n) is 6.59. The van der Waals surface area contributed by atoms with Gasteiger partial charge in [-0.05, 0) is 67.7 Å². The molecule has 0 saturated heterocycles. The summed E-state index contributed by atoms with van der Waals surface area (Å²) >= 11 is 5.51. The number of hydrogen-bond donors (Lipinski definition) is 0. The fourth-order valence-electron chi connectivity index (χ4n) is 2.91. The summed E-state index contributed by atoms with van der Waals surface area (Å²) in [4.78, 5) is 30.5. The first-order valence-electron chi connectivity index (χ1n) is 8.59. The summed E-state index contributed by atoms with van der Waals surface area (Å²) in [7, 11) is 0. The zero-order chi connectivity index (χ0) is 17.8. The monoisotopic (exact) mass is 388 g/mol. The summed E-state index contributed by atoms with van der Waals surface area (Å²) in [5.41, 5.74) is 3.83. The molecule has 0 unspecified atom stereocenters. The van der Waals surface area contributed by atoms with Gasteiger partial charge < -0.3 is 0 Å². The average Bonchev–Trinajstić information content (AvgIpc) is 3.53. The Kier molecular flexibility index (Phi) is 8.77. The second-order valence-corrected chi connectivity index (χ2v) is 6.85. The molecule has 146 valence electrons. The molecule has 0 aromatic carbocycles. The van der Waals surface area contributed by atoms with Crippen molar-refractivity contribution in [2.75, 3.05) is 5.88 Å². The van der Waals surface area contributed by atoms with Crippen molar-refractivity contribution in [1.29, 1.82) is 0 Å². The third-order valence-corrected chi connectivity index (χ3v) is 4.79.